The van der Waals surface area contributed by atoms with E-state index in [9.17, 15) is 22.8 Å². The lowest BCUT2D eigenvalue weighted by molar-refractivity contribution is -0.137. The van der Waals surface area contributed by atoms with Crippen LogP contribution in [0.3, 0.4) is 0 Å². The van der Waals surface area contributed by atoms with Crippen LogP contribution in [-0.4, -0.2) is 54.3 Å². The zero-order chi connectivity index (χ0) is 23.6. The number of rotatable bonds is 6. The molecule has 0 saturated carbocycles. The molecule has 1 saturated heterocycles. The number of amides is 2. The van der Waals surface area contributed by atoms with Crippen molar-refractivity contribution in [2.75, 3.05) is 38.0 Å². The third-order valence-corrected chi connectivity index (χ3v) is 7.40. The fraction of sp³-hybridized carbons (Fsp3) is 0.478. The van der Waals surface area contributed by atoms with Crippen LogP contribution in [-0.2, 0) is 30.4 Å². The summed E-state index contributed by atoms with van der Waals surface area (Å²) in [7, 11) is 0. The number of aryl methyl sites for hydroxylation is 1. The minimum atomic E-state index is -4.33. The van der Waals surface area contributed by atoms with E-state index in [0.29, 0.717) is 43.3 Å². The van der Waals surface area contributed by atoms with Gasteiger partial charge in [0.15, 0.2) is 0 Å². The largest absolute Gasteiger partial charge is 0.416 e. The smallest absolute Gasteiger partial charge is 0.365 e. The maximum absolute atomic E-state index is 12.7. The first-order valence-electron chi connectivity index (χ1n) is 11.1. The first-order valence-corrected chi connectivity index (χ1v) is 11.9. The number of anilines is 1. The average molecular weight is 481 g/mol. The highest BCUT2D eigenvalue weighted by atomic mass is 32.1. The summed E-state index contributed by atoms with van der Waals surface area (Å²) in [5, 5.41) is 3.45. The molecule has 1 aliphatic carbocycles. The van der Waals surface area contributed by atoms with Gasteiger partial charge in [-0.3, -0.25) is 19.4 Å². The molecule has 0 atom stereocenters. The van der Waals surface area contributed by atoms with Gasteiger partial charge in [-0.25, -0.2) is 0 Å². The molecule has 33 heavy (non-hydrogen) atoms. The molecule has 178 valence electrons. The van der Waals surface area contributed by atoms with E-state index in [4.69, 9.17) is 5.73 Å². The number of alkyl halides is 3. The summed E-state index contributed by atoms with van der Waals surface area (Å²) < 4.78 is 38.1. The topological polar surface area (TPSA) is 78.7 Å². The highest BCUT2D eigenvalue weighted by Gasteiger charge is 2.30. The van der Waals surface area contributed by atoms with Gasteiger partial charge in [0, 0.05) is 37.6 Å². The monoisotopic (exact) mass is 480 g/mol. The molecule has 3 N–H and O–H groups in total. The van der Waals surface area contributed by atoms with Gasteiger partial charge in [-0.1, -0.05) is 12.1 Å². The summed E-state index contributed by atoms with van der Waals surface area (Å²) in [4.78, 5) is 30.0. The van der Waals surface area contributed by atoms with Crippen LogP contribution in [0, 0.1) is 0 Å². The molecule has 1 fully saturated rings. The zero-order valence-electron chi connectivity index (χ0n) is 18.2. The second kappa shape index (κ2) is 9.82. The Balaban J connectivity index is 1.28. The SMILES string of the molecule is NC(=O)c1c(NC(=O)CN2CCN(Cc3ccc(C(F)(F)F)cc3)CC2)sc2c1CCCC2. The molecular formula is C23H27F3N4O2S. The van der Waals surface area contributed by atoms with E-state index in [0.717, 1.165) is 53.8 Å². The van der Waals surface area contributed by atoms with Crippen LogP contribution < -0.4 is 11.1 Å². The first kappa shape index (κ1) is 23.7. The van der Waals surface area contributed by atoms with Crippen molar-refractivity contribution in [1.29, 1.82) is 0 Å². The predicted octanol–water partition coefficient (Wildman–Crippen LogP) is 3.50. The number of nitrogens with zero attached hydrogens (tertiary/aromatic N) is 2. The van der Waals surface area contributed by atoms with E-state index in [1.165, 1.54) is 23.5 Å². The average Bonchev–Trinajstić information content (AvgIpc) is 3.12. The third-order valence-electron chi connectivity index (χ3n) is 6.19. The molecule has 1 aromatic carbocycles. The maximum Gasteiger partial charge on any atom is 0.416 e. The Hall–Kier alpha value is -2.43. The van der Waals surface area contributed by atoms with Gasteiger partial charge in [-0.15, -0.1) is 11.3 Å². The van der Waals surface area contributed by atoms with Gasteiger partial charge >= 0.3 is 6.18 Å². The Labute approximate surface area is 194 Å². The van der Waals surface area contributed by atoms with E-state index in [1.54, 1.807) is 0 Å². The van der Waals surface area contributed by atoms with Gasteiger partial charge in [0.05, 0.1) is 17.7 Å². The molecule has 2 amide bonds. The van der Waals surface area contributed by atoms with Gasteiger partial charge in [0.2, 0.25) is 5.91 Å². The fourth-order valence-electron chi connectivity index (χ4n) is 4.45. The molecule has 0 unspecified atom stereocenters. The van der Waals surface area contributed by atoms with Gasteiger partial charge in [-0.05, 0) is 48.9 Å². The van der Waals surface area contributed by atoms with Crippen molar-refractivity contribution in [1.82, 2.24) is 9.80 Å². The lowest BCUT2D eigenvalue weighted by atomic mass is 9.95. The molecule has 2 aliphatic rings. The third kappa shape index (κ3) is 5.74. The van der Waals surface area contributed by atoms with Gasteiger partial charge in [0.25, 0.3) is 5.91 Å². The lowest BCUT2D eigenvalue weighted by Gasteiger charge is -2.34. The number of fused-ring (bicyclic) bond motifs is 1. The molecule has 0 radical (unpaired) electrons. The van der Waals surface area contributed by atoms with Crippen LogP contribution in [0.15, 0.2) is 24.3 Å². The van der Waals surface area contributed by atoms with Crippen LogP contribution in [0.5, 0.6) is 0 Å². The highest BCUT2D eigenvalue weighted by Crippen LogP contribution is 2.37. The molecular weight excluding hydrogens is 453 g/mol. The second-order valence-corrected chi connectivity index (χ2v) is 9.68. The number of carbonyl (C=O) groups is 2. The van der Waals surface area contributed by atoms with Crippen LogP contribution >= 0.6 is 11.3 Å². The van der Waals surface area contributed by atoms with Crippen molar-refractivity contribution in [3.63, 3.8) is 0 Å². The Morgan fingerprint density at radius 2 is 1.64 bits per heavy atom. The minimum absolute atomic E-state index is 0.174. The summed E-state index contributed by atoms with van der Waals surface area (Å²) in [5.74, 6) is -0.672. The number of nitrogens with one attached hydrogen (secondary N) is 1. The maximum atomic E-state index is 12.7. The molecule has 1 aromatic heterocycles. The number of piperazine rings is 1. The Bertz CT molecular complexity index is 1010. The molecule has 0 spiro atoms. The quantitative estimate of drug-likeness (QED) is 0.664. The molecule has 2 heterocycles. The number of primary amides is 1. The first-order chi connectivity index (χ1) is 15.7. The van der Waals surface area contributed by atoms with E-state index >= 15 is 0 Å². The molecule has 6 nitrogen and oxygen atoms in total. The van der Waals surface area contributed by atoms with E-state index < -0.39 is 17.6 Å². The number of benzene rings is 1. The van der Waals surface area contributed by atoms with Crippen LogP contribution in [0.25, 0.3) is 0 Å². The van der Waals surface area contributed by atoms with Gasteiger partial charge < -0.3 is 11.1 Å². The van der Waals surface area contributed by atoms with Gasteiger partial charge in [-0.2, -0.15) is 13.2 Å². The zero-order valence-corrected chi connectivity index (χ0v) is 19.0. The van der Waals surface area contributed by atoms with Crippen molar-refractivity contribution in [3.8, 4) is 0 Å². The van der Waals surface area contributed by atoms with Crippen molar-refractivity contribution in [2.45, 2.75) is 38.4 Å². The summed E-state index contributed by atoms with van der Waals surface area (Å²) >= 11 is 1.45. The van der Waals surface area contributed by atoms with Crippen molar-refractivity contribution < 1.29 is 22.8 Å². The molecule has 1 aliphatic heterocycles. The summed E-state index contributed by atoms with van der Waals surface area (Å²) in [6.07, 6.45) is -0.493. The fourth-order valence-corrected chi connectivity index (χ4v) is 5.76. The standard InChI is InChI=1S/C23H27F3N4O2S/c24-23(25,26)16-7-5-15(6-8-16)13-29-9-11-30(12-10-29)14-19(31)28-22-20(21(27)32)17-3-1-2-4-18(17)33-22/h5-8H,1-4,9-14H2,(H2,27,32)(H,28,31). The van der Waals surface area contributed by atoms with Crippen molar-refractivity contribution in [2.24, 2.45) is 5.73 Å². The van der Waals surface area contributed by atoms with E-state index in [2.05, 4.69) is 10.2 Å². The molecule has 4 rings (SSSR count). The number of carbonyl (C=O) groups excluding carboxylic acids is 2. The minimum Gasteiger partial charge on any atom is -0.365 e. The van der Waals surface area contributed by atoms with Crippen LogP contribution in [0.2, 0.25) is 0 Å². The molecule has 2 aromatic rings. The number of hydrogen-bond acceptors (Lipinski definition) is 5. The van der Waals surface area contributed by atoms with Crippen molar-refractivity contribution >= 4 is 28.2 Å². The Morgan fingerprint density at radius 3 is 2.27 bits per heavy atom. The summed E-state index contributed by atoms with van der Waals surface area (Å²) in [5.41, 5.74) is 7.23. The van der Waals surface area contributed by atoms with Crippen LogP contribution in [0.1, 0.15) is 44.8 Å². The molecule has 0 bridgehead atoms. The van der Waals surface area contributed by atoms with E-state index in [1.807, 2.05) is 4.90 Å². The molecule has 10 heteroatoms. The van der Waals surface area contributed by atoms with Gasteiger partial charge in [0.1, 0.15) is 5.00 Å². The van der Waals surface area contributed by atoms with E-state index in [-0.39, 0.29) is 12.5 Å². The normalized spacial score (nSPS) is 17.5. The summed E-state index contributed by atoms with van der Waals surface area (Å²) in [6.45, 7) is 3.58. The Morgan fingerprint density at radius 1 is 1.00 bits per heavy atom. The Kier molecular flexibility index (Phi) is 7.06. The number of thiophene rings is 1. The lowest BCUT2D eigenvalue weighted by Crippen LogP contribution is -2.48. The predicted molar refractivity (Wildman–Crippen MR) is 121 cm³/mol. The number of nitrogens with two attached hydrogens (primary N) is 1. The number of halogens is 3. The summed E-state index contributed by atoms with van der Waals surface area (Å²) in [6, 6.07) is 5.25. The van der Waals surface area contributed by atoms with Crippen LogP contribution in [0.4, 0.5) is 18.2 Å². The second-order valence-electron chi connectivity index (χ2n) is 8.57. The number of hydrogen-bond donors (Lipinski definition) is 2. The van der Waals surface area contributed by atoms with Crippen molar-refractivity contribution in [3.05, 3.63) is 51.4 Å². The highest BCUT2D eigenvalue weighted by molar-refractivity contribution is 7.17.